The van der Waals surface area contributed by atoms with Gasteiger partial charge in [0.1, 0.15) is 0 Å². The van der Waals surface area contributed by atoms with Gasteiger partial charge in [0.2, 0.25) is 5.91 Å². The third-order valence-electron chi connectivity index (χ3n) is 3.00. The molecular formula is C15H19ClN2O2S. The molecule has 2 aromatic rings. The molecule has 0 atom stereocenters. The molecule has 0 fully saturated rings. The van der Waals surface area contributed by atoms with Crippen LogP contribution in [0.15, 0.2) is 23.2 Å². The van der Waals surface area contributed by atoms with Crippen LogP contribution in [0.4, 0.5) is 0 Å². The van der Waals surface area contributed by atoms with Gasteiger partial charge in [0.15, 0.2) is 4.80 Å². The number of hydrogen-bond donors (Lipinski definition) is 0. The maximum Gasteiger partial charge on any atom is 0.248 e. The van der Waals surface area contributed by atoms with E-state index >= 15 is 0 Å². The topological polar surface area (TPSA) is 43.6 Å². The first-order chi connectivity index (χ1) is 10.2. The van der Waals surface area contributed by atoms with Gasteiger partial charge >= 0.3 is 0 Å². The number of halogens is 1. The van der Waals surface area contributed by atoms with Crippen LogP contribution >= 0.6 is 22.9 Å². The van der Waals surface area contributed by atoms with Gasteiger partial charge in [0.25, 0.3) is 0 Å². The molecule has 4 nitrogen and oxygen atoms in total. The van der Waals surface area contributed by atoms with Crippen LogP contribution in [0.5, 0.6) is 0 Å². The number of benzene rings is 1. The second-order valence-corrected chi connectivity index (χ2v) is 5.99. The standard InChI is InChI=1S/C15H19ClN2O2S/c1-3-6-13(19)17-15-18(9-10-20-4-2)14-11(16)7-5-8-12(14)21-15/h5,7-8H,3-4,6,9-10H2,1-2H3. The average Bonchev–Trinajstić information content (AvgIpc) is 2.78. The van der Waals surface area contributed by atoms with E-state index in [1.54, 1.807) is 0 Å². The van der Waals surface area contributed by atoms with Gasteiger partial charge in [-0.2, -0.15) is 4.99 Å². The number of aromatic nitrogens is 1. The lowest BCUT2D eigenvalue weighted by atomic mass is 10.3. The SMILES string of the molecule is CCCC(=O)N=c1sc2cccc(Cl)c2n1CCOCC. The van der Waals surface area contributed by atoms with E-state index in [1.165, 1.54) is 11.3 Å². The second kappa shape index (κ2) is 7.73. The molecule has 2 rings (SSSR count). The summed E-state index contributed by atoms with van der Waals surface area (Å²) in [7, 11) is 0. The summed E-state index contributed by atoms with van der Waals surface area (Å²) in [5.74, 6) is -0.0923. The molecule has 0 bridgehead atoms. The molecule has 0 spiro atoms. The number of fused-ring (bicyclic) bond motifs is 1. The lowest BCUT2D eigenvalue weighted by Gasteiger charge is -2.06. The predicted octanol–water partition coefficient (Wildman–Crippen LogP) is 3.62. The third kappa shape index (κ3) is 3.93. The first-order valence-electron chi connectivity index (χ1n) is 7.10. The zero-order valence-electron chi connectivity index (χ0n) is 12.3. The van der Waals surface area contributed by atoms with E-state index < -0.39 is 0 Å². The Morgan fingerprint density at radius 3 is 2.95 bits per heavy atom. The van der Waals surface area contributed by atoms with Crippen LogP contribution in [0, 0.1) is 0 Å². The molecule has 6 heteroatoms. The normalized spacial score (nSPS) is 12.2. The van der Waals surface area contributed by atoms with E-state index in [0.29, 0.717) is 36.0 Å². The van der Waals surface area contributed by atoms with Crippen LogP contribution in [0.3, 0.4) is 0 Å². The molecule has 1 amide bonds. The summed E-state index contributed by atoms with van der Waals surface area (Å²) in [6, 6.07) is 5.75. The van der Waals surface area contributed by atoms with Gasteiger partial charge in [-0.05, 0) is 25.5 Å². The Labute approximate surface area is 133 Å². The molecule has 0 aliphatic heterocycles. The van der Waals surface area contributed by atoms with E-state index in [-0.39, 0.29) is 5.91 Å². The molecule has 0 saturated carbocycles. The summed E-state index contributed by atoms with van der Waals surface area (Å²) in [4.78, 5) is 16.7. The largest absolute Gasteiger partial charge is 0.380 e. The number of ether oxygens (including phenoxy) is 1. The molecule has 0 unspecified atom stereocenters. The van der Waals surface area contributed by atoms with Crippen LogP contribution in [-0.4, -0.2) is 23.7 Å². The Hall–Kier alpha value is -1.17. The summed E-state index contributed by atoms with van der Waals surface area (Å²) in [6.45, 7) is 5.80. The first kappa shape index (κ1) is 16.2. The highest BCUT2D eigenvalue weighted by molar-refractivity contribution is 7.16. The average molecular weight is 327 g/mol. The minimum atomic E-state index is -0.0923. The van der Waals surface area contributed by atoms with Crippen molar-refractivity contribution in [2.24, 2.45) is 4.99 Å². The number of rotatable bonds is 6. The number of carbonyl (C=O) groups excluding carboxylic acids is 1. The van der Waals surface area contributed by atoms with Crippen molar-refractivity contribution in [2.45, 2.75) is 33.2 Å². The number of nitrogens with zero attached hydrogens (tertiary/aromatic N) is 2. The van der Waals surface area contributed by atoms with Crippen LogP contribution in [-0.2, 0) is 16.1 Å². The quantitative estimate of drug-likeness (QED) is 0.761. The number of amides is 1. The molecule has 0 aliphatic rings. The maximum atomic E-state index is 11.8. The van der Waals surface area contributed by atoms with Crippen molar-refractivity contribution in [2.75, 3.05) is 13.2 Å². The summed E-state index contributed by atoms with van der Waals surface area (Å²) in [5.41, 5.74) is 0.923. The highest BCUT2D eigenvalue weighted by Gasteiger charge is 2.10. The fourth-order valence-corrected chi connectivity index (χ4v) is 3.49. The summed E-state index contributed by atoms with van der Waals surface area (Å²) in [6.07, 6.45) is 1.26. The lowest BCUT2D eigenvalue weighted by Crippen LogP contribution is -2.19. The summed E-state index contributed by atoms with van der Waals surface area (Å²) >= 11 is 7.79. The minimum Gasteiger partial charge on any atom is -0.380 e. The zero-order valence-corrected chi connectivity index (χ0v) is 13.8. The number of carbonyl (C=O) groups is 1. The third-order valence-corrected chi connectivity index (χ3v) is 4.35. The van der Waals surface area contributed by atoms with Gasteiger partial charge in [-0.25, -0.2) is 0 Å². The highest BCUT2D eigenvalue weighted by Crippen LogP contribution is 2.25. The lowest BCUT2D eigenvalue weighted by molar-refractivity contribution is -0.118. The van der Waals surface area contributed by atoms with E-state index in [9.17, 15) is 4.79 Å². The minimum absolute atomic E-state index is 0.0923. The van der Waals surface area contributed by atoms with Crippen LogP contribution < -0.4 is 4.80 Å². The molecule has 114 valence electrons. The van der Waals surface area contributed by atoms with Gasteiger partial charge in [-0.1, -0.05) is 35.9 Å². The van der Waals surface area contributed by atoms with Crippen molar-refractivity contribution in [3.63, 3.8) is 0 Å². The fourth-order valence-electron chi connectivity index (χ4n) is 2.06. The van der Waals surface area contributed by atoms with Gasteiger partial charge < -0.3 is 9.30 Å². The van der Waals surface area contributed by atoms with E-state index in [2.05, 4.69) is 4.99 Å². The Bertz CT molecular complexity index is 691. The van der Waals surface area contributed by atoms with Gasteiger partial charge in [-0.15, -0.1) is 0 Å². The van der Waals surface area contributed by atoms with Crippen LogP contribution in [0.1, 0.15) is 26.7 Å². The Balaban J connectivity index is 2.50. The van der Waals surface area contributed by atoms with E-state index in [0.717, 1.165) is 16.6 Å². The van der Waals surface area contributed by atoms with Crippen molar-refractivity contribution >= 4 is 39.1 Å². The molecule has 1 heterocycles. The smallest absolute Gasteiger partial charge is 0.248 e. The first-order valence-corrected chi connectivity index (χ1v) is 8.30. The van der Waals surface area contributed by atoms with Crippen LogP contribution in [0.25, 0.3) is 10.2 Å². The molecular weight excluding hydrogens is 308 g/mol. The molecule has 1 aromatic carbocycles. The summed E-state index contributed by atoms with van der Waals surface area (Å²) in [5, 5.41) is 0.671. The van der Waals surface area contributed by atoms with E-state index in [1.807, 2.05) is 36.6 Å². The maximum absolute atomic E-state index is 11.8. The molecule has 0 N–H and O–H groups in total. The number of para-hydroxylation sites is 1. The van der Waals surface area contributed by atoms with Gasteiger partial charge in [-0.3, -0.25) is 4.79 Å². The number of thiazole rings is 1. The highest BCUT2D eigenvalue weighted by atomic mass is 35.5. The van der Waals surface area contributed by atoms with E-state index in [4.69, 9.17) is 16.3 Å². The van der Waals surface area contributed by atoms with Crippen molar-refractivity contribution in [3.05, 3.63) is 28.0 Å². The van der Waals surface area contributed by atoms with Crippen molar-refractivity contribution in [3.8, 4) is 0 Å². The molecule has 0 saturated heterocycles. The van der Waals surface area contributed by atoms with Crippen molar-refractivity contribution in [1.29, 1.82) is 0 Å². The molecule has 0 radical (unpaired) electrons. The number of hydrogen-bond acceptors (Lipinski definition) is 3. The van der Waals surface area contributed by atoms with Gasteiger partial charge in [0, 0.05) is 19.6 Å². The Morgan fingerprint density at radius 2 is 2.24 bits per heavy atom. The molecule has 21 heavy (non-hydrogen) atoms. The monoisotopic (exact) mass is 326 g/mol. The van der Waals surface area contributed by atoms with Crippen molar-refractivity contribution < 1.29 is 9.53 Å². The Kier molecular flexibility index (Phi) is 5.96. The second-order valence-electron chi connectivity index (χ2n) is 4.58. The Morgan fingerprint density at radius 1 is 1.43 bits per heavy atom. The summed E-state index contributed by atoms with van der Waals surface area (Å²) < 4.78 is 8.42. The zero-order chi connectivity index (χ0) is 15.2. The van der Waals surface area contributed by atoms with Gasteiger partial charge in [0.05, 0.1) is 21.8 Å². The van der Waals surface area contributed by atoms with Crippen LogP contribution in [0.2, 0.25) is 5.02 Å². The molecule has 1 aromatic heterocycles. The van der Waals surface area contributed by atoms with Crippen molar-refractivity contribution in [1.82, 2.24) is 4.57 Å². The predicted molar refractivity (Wildman–Crippen MR) is 86.8 cm³/mol. The molecule has 0 aliphatic carbocycles. The fraction of sp³-hybridized carbons (Fsp3) is 0.467.